The molecule has 248 valence electrons. The van der Waals surface area contributed by atoms with E-state index in [2.05, 4.69) is 14.8 Å². The van der Waals surface area contributed by atoms with Gasteiger partial charge >= 0.3 is 0 Å². The monoisotopic (exact) mass is 685 g/mol. The van der Waals surface area contributed by atoms with E-state index in [0.29, 0.717) is 22.6 Å². The summed E-state index contributed by atoms with van der Waals surface area (Å²) in [6.45, 7) is -0.0123. The highest BCUT2D eigenvalue weighted by Gasteiger charge is 2.26. The molecule has 1 unspecified atom stereocenters. The van der Waals surface area contributed by atoms with Crippen molar-refractivity contribution in [1.29, 1.82) is 5.41 Å². The van der Waals surface area contributed by atoms with E-state index in [1.165, 1.54) is 37.4 Å². The molecule has 5 rings (SSSR count). The molecule has 5 aromatic rings. The number of hydrogen-bond acceptors (Lipinski definition) is 8. The Morgan fingerprint density at radius 2 is 1.31 bits per heavy atom. The average molecular weight is 686 g/mol. The van der Waals surface area contributed by atoms with Gasteiger partial charge in [0.15, 0.2) is 11.5 Å². The summed E-state index contributed by atoms with van der Waals surface area (Å²) in [4.78, 5) is 0.106. The van der Waals surface area contributed by atoms with Crippen LogP contribution in [-0.4, -0.2) is 36.3 Å². The van der Waals surface area contributed by atoms with Crippen molar-refractivity contribution in [2.24, 2.45) is 5.73 Å². The highest BCUT2D eigenvalue weighted by atomic mass is 32.2. The van der Waals surface area contributed by atoms with Crippen molar-refractivity contribution in [3.63, 3.8) is 0 Å². The minimum atomic E-state index is -4.10. The van der Waals surface area contributed by atoms with Gasteiger partial charge in [-0.3, -0.25) is 10.1 Å². The van der Waals surface area contributed by atoms with Gasteiger partial charge in [0.25, 0.3) is 10.0 Å². The molecule has 0 aromatic heterocycles. The predicted octanol–water partition coefficient (Wildman–Crippen LogP) is 5.49. The van der Waals surface area contributed by atoms with Gasteiger partial charge in [-0.05, 0) is 60.2 Å². The molecule has 5 aromatic carbocycles. The molecule has 0 fully saturated rings. The number of nitrogens with two attached hydrogens (primary N) is 1. The maximum atomic E-state index is 13.6. The molecule has 0 radical (unpaired) electrons. The second-order valence-corrected chi connectivity index (χ2v) is 14.1. The Labute approximate surface area is 280 Å². The van der Waals surface area contributed by atoms with Crippen LogP contribution in [0.3, 0.4) is 0 Å². The minimum Gasteiger partial charge on any atom is -0.493 e. The van der Waals surface area contributed by atoms with Gasteiger partial charge in [0.2, 0.25) is 10.0 Å². The number of hydrogen-bond donors (Lipinski definition) is 5. The summed E-state index contributed by atoms with van der Waals surface area (Å²) in [5.74, 6) is 0.459. The zero-order valence-electron chi connectivity index (χ0n) is 26.0. The van der Waals surface area contributed by atoms with Crippen LogP contribution in [-0.2, 0) is 26.7 Å². The molecule has 0 aliphatic carbocycles. The van der Waals surface area contributed by atoms with Crippen LogP contribution in [0.2, 0.25) is 0 Å². The third-order valence-electron chi connectivity index (χ3n) is 7.31. The SMILES string of the molecule is COc1cc(C(CNS(=O)(=O)c2ccccc2)Nc2ccc(C(=N)N)cc2)c(NS(=O)(=O)c2ccccc2)cc1OCc1ccccc1. The number of rotatable bonds is 15. The summed E-state index contributed by atoms with van der Waals surface area (Å²) < 4.78 is 71.0. The number of anilines is 2. The summed E-state index contributed by atoms with van der Waals surface area (Å²) in [5.41, 5.74) is 8.09. The molecule has 0 saturated heterocycles. The first kappa shape index (κ1) is 34.0. The van der Waals surface area contributed by atoms with Crippen LogP contribution in [0.4, 0.5) is 11.4 Å². The van der Waals surface area contributed by atoms with Gasteiger partial charge in [0.05, 0.1) is 28.6 Å². The first-order valence-corrected chi connectivity index (χ1v) is 17.7. The van der Waals surface area contributed by atoms with E-state index in [4.69, 9.17) is 20.6 Å². The number of amidine groups is 1. The second kappa shape index (κ2) is 15.0. The van der Waals surface area contributed by atoms with E-state index in [9.17, 15) is 16.8 Å². The number of ether oxygens (including phenoxy) is 2. The van der Waals surface area contributed by atoms with E-state index in [0.717, 1.165) is 5.56 Å². The van der Waals surface area contributed by atoms with Crippen LogP contribution in [0, 0.1) is 5.41 Å². The van der Waals surface area contributed by atoms with E-state index in [1.54, 1.807) is 66.7 Å². The summed E-state index contributed by atoms with van der Waals surface area (Å²) >= 11 is 0. The first-order valence-electron chi connectivity index (χ1n) is 14.8. The maximum absolute atomic E-state index is 13.6. The van der Waals surface area contributed by atoms with Gasteiger partial charge in [-0.1, -0.05) is 66.7 Å². The lowest BCUT2D eigenvalue weighted by molar-refractivity contribution is 0.284. The van der Waals surface area contributed by atoms with Gasteiger partial charge in [0.1, 0.15) is 12.4 Å². The standard InChI is InChI=1S/C35H35N5O6S2/c1-45-33-21-30(31(40-48(43,44)29-15-9-4-10-16-29)22-34(33)46-24-25-11-5-2-6-12-25)32(39-27-19-17-26(18-20-27)35(36)37)23-38-47(41,42)28-13-7-3-8-14-28/h2-22,32,38-40H,23-24H2,1H3,(H3,36,37). The molecule has 0 spiro atoms. The summed E-state index contributed by atoms with van der Waals surface area (Å²) in [6.07, 6.45) is 0. The zero-order chi connectivity index (χ0) is 34.1. The van der Waals surface area contributed by atoms with Crippen LogP contribution in [0.5, 0.6) is 11.5 Å². The molecule has 0 bridgehead atoms. The van der Waals surface area contributed by atoms with E-state index in [1.807, 2.05) is 30.3 Å². The Morgan fingerprint density at radius 1 is 0.750 bits per heavy atom. The molecule has 0 aliphatic rings. The molecule has 13 heteroatoms. The Hall–Kier alpha value is -5.37. The Balaban J connectivity index is 1.59. The number of methoxy groups -OCH3 is 1. The number of nitrogens with one attached hydrogen (secondary N) is 4. The van der Waals surface area contributed by atoms with Gasteiger partial charge in [-0.25, -0.2) is 21.6 Å². The fourth-order valence-corrected chi connectivity index (χ4v) is 6.99. The highest BCUT2D eigenvalue weighted by molar-refractivity contribution is 7.92. The lowest BCUT2D eigenvalue weighted by atomic mass is 10.0. The fraction of sp³-hybridized carbons (Fsp3) is 0.114. The van der Waals surface area contributed by atoms with Crippen molar-refractivity contribution < 1.29 is 26.3 Å². The smallest absolute Gasteiger partial charge is 0.261 e. The first-order chi connectivity index (χ1) is 23.1. The molecule has 0 aliphatic heterocycles. The third kappa shape index (κ3) is 8.50. The molecule has 11 nitrogen and oxygen atoms in total. The third-order valence-corrected chi connectivity index (χ3v) is 10.1. The quantitative estimate of drug-likeness (QED) is 0.0711. The van der Waals surface area contributed by atoms with Crippen LogP contribution >= 0.6 is 0 Å². The van der Waals surface area contributed by atoms with Crippen molar-refractivity contribution >= 4 is 37.3 Å². The van der Waals surface area contributed by atoms with Crippen molar-refractivity contribution in [3.8, 4) is 11.5 Å². The van der Waals surface area contributed by atoms with Crippen molar-refractivity contribution in [3.05, 3.63) is 144 Å². The van der Waals surface area contributed by atoms with E-state index >= 15 is 0 Å². The Morgan fingerprint density at radius 3 is 1.88 bits per heavy atom. The topological polar surface area (TPSA) is 173 Å². The minimum absolute atomic E-state index is 0.0348. The van der Waals surface area contributed by atoms with Crippen LogP contribution in [0.25, 0.3) is 0 Å². The zero-order valence-corrected chi connectivity index (χ0v) is 27.6. The molecule has 48 heavy (non-hydrogen) atoms. The molecular formula is C35H35N5O6S2. The van der Waals surface area contributed by atoms with E-state index < -0.39 is 26.1 Å². The molecule has 0 saturated carbocycles. The van der Waals surface area contributed by atoms with E-state index in [-0.39, 0.29) is 40.2 Å². The highest BCUT2D eigenvalue weighted by Crippen LogP contribution is 2.39. The second-order valence-electron chi connectivity index (χ2n) is 10.6. The van der Waals surface area contributed by atoms with Crippen LogP contribution in [0.15, 0.2) is 137 Å². The van der Waals surface area contributed by atoms with Crippen molar-refractivity contribution in [2.45, 2.75) is 22.4 Å². The summed E-state index contributed by atoms with van der Waals surface area (Å²) in [7, 11) is -6.59. The lowest BCUT2D eigenvalue weighted by Gasteiger charge is -2.26. The van der Waals surface area contributed by atoms with Crippen molar-refractivity contribution in [2.75, 3.05) is 23.7 Å². The fourth-order valence-electron chi connectivity index (χ4n) is 4.83. The largest absolute Gasteiger partial charge is 0.493 e. The average Bonchev–Trinajstić information content (AvgIpc) is 3.10. The lowest BCUT2D eigenvalue weighted by Crippen LogP contribution is -2.32. The number of benzene rings is 5. The Bertz CT molecular complexity index is 2060. The summed E-state index contributed by atoms with van der Waals surface area (Å²) in [6, 6.07) is 34.2. The molecule has 6 N–H and O–H groups in total. The van der Waals surface area contributed by atoms with Gasteiger partial charge in [-0.2, -0.15) is 0 Å². The molecular weight excluding hydrogens is 651 g/mol. The predicted molar refractivity (Wildman–Crippen MR) is 186 cm³/mol. The maximum Gasteiger partial charge on any atom is 0.261 e. The molecule has 0 amide bonds. The summed E-state index contributed by atoms with van der Waals surface area (Å²) in [5, 5.41) is 11.0. The Kier molecular flexibility index (Phi) is 10.6. The van der Waals surface area contributed by atoms with Crippen LogP contribution in [0.1, 0.15) is 22.7 Å². The number of nitrogen functional groups attached to an aromatic ring is 1. The molecule has 1 atom stereocenters. The number of sulfonamides is 2. The molecule has 0 heterocycles. The van der Waals surface area contributed by atoms with Crippen molar-refractivity contribution in [1.82, 2.24) is 4.72 Å². The van der Waals surface area contributed by atoms with Gasteiger partial charge in [0, 0.05) is 29.4 Å². The van der Waals surface area contributed by atoms with Crippen LogP contribution < -0.4 is 30.0 Å². The normalized spacial score (nSPS) is 12.1. The van der Waals surface area contributed by atoms with Gasteiger partial charge in [-0.15, -0.1) is 0 Å². The van der Waals surface area contributed by atoms with Gasteiger partial charge < -0.3 is 20.5 Å².